The van der Waals surface area contributed by atoms with Crippen molar-refractivity contribution in [2.75, 3.05) is 312 Å². The number of hydrogen-bond acceptors (Lipinski definition) is 35. The fourth-order valence-electron chi connectivity index (χ4n) is 11.8. The summed E-state index contributed by atoms with van der Waals surface area (Å²) >= 11 is 0. The van der Waals surface area contributed by atoms with E-state index in [0.717, 1.165) is 17.1 Å². The lowest BCUT2D eigenvalue weighted by atomic mass is 9.86. The fourth-order valence-corrected chi connectivity index (χ4v) is 11.8. The van der Waals surface area contributed by atoms with Gasteiger partial charge in [0.05, 0.1) is 302 Å². The summed E-state index contributed by atoms with van der Waals surface area (Å²) < 4.78 is 145. The van der Waals surface area contributed by atoms with Gasteiger partial charge in [0.2, 0.25) is 5.91 Å². The summed E-state index contributed by atoms with van der Waals surface area (Å²) in [4.78, 5) is 83.7. The number of methoxy groups -OCH3 is 2. The highest BCUT2D eigenvalue weighted by atomic mass is 16.6. The molecule has 0 spiro atoms. The van der Waals surface area contributed by atoms with Crippen LogP contribution in [0, 0.1) is 17.3 Å². The van der Waals surface area contributed by atoms with Crippen molar-refractivity contribution in [1.82, 2.24) is 10.2 Å². The molecule has 1 fully saturated rings. The second-order valence-corrected chi connectivity index (χ2v) is 30.1. The molecular formula is C88H146N2O35. The highest BCUT2D eigenvalue weighted by Gasteiger charge is 2.40. The van der Waals surface area contributed by atoms with Gasteiger partial charge in [-0.15, -0.1) is 0 Å². The molecule has 2 aliphatic heterocycles. The predicted octanol–water partition coefficient (Wildman–Crippen LogP) is 2.96. The minimum atomic E-state index is -1.40. The van der Waals surface area contributed by atoms with Crippen LogP contribution in [0.2, 0.25) is 0 Å². The van der Waals surface area contributed by atoms with Crippen molar-refractivity contribution in [3.05, 3.63) is 70.8 Å². The Kier molecular flexibility index (Phi) is 65.0. The van der Waals surface area contributed by atoms with E-state index in [-0.39, 0.29) is 96.7 Å². The van der Waals surface area contributed by atoms with Gasteiger partial charge in [0.1, 0.15) is 44.2 Å². The van der Waals surface area contributed by atoms with Crippen LogP contribution in [0.4, 0.5) is 0 Å². The zero-order valence-electron chi connectivity index (χ0n) is 75.2. The normalized spacial score (nSPS) is 16.2. The molecule has 2 aromatic rings. The van der Waals surface area contributed by atoms with Crippen molar-refractivity contribution in [3.8, 4) is 11.5 Å². The second-order valence-electron chi connectivity index (χ2n) is 30.1. The van der Waals surface area contributed by atoms with Gasteiger partial charge in [-0.25, -0.2) is 0 Å². The molecule has 0 unspecified atom stereocenters. The first-order valence-corrected chi connectivity index (χ1v) is 43.5. The van der Waals surface area contributed by atoms with Crippen LogP contribution in [0.25, 0.3) is 0 Å². The summed E-state index contributed by atoms with van der Waals surface area (Å²) in [5.41, 5.74) is 1.62. The smallest absolute Gasteiger partial charge is 0.311 e. The maximum atomic E-state index is 14.8. The maximum absolute atomic E-state index is 14.8. The molecule has 37 heteroatoms. The number of carbonyl (C=O) groups excluding carboxylic acids is 6. The van der Waals surface area contributed by atoms with E-state index in [2.05, 4.69) is 5.32 Å². The Balaban J connectivity index is 1.21. The quantitative estimate of drug-likeness (QED) is 0.0420. The first kappa shape index (κ1) is 111. The number of aliphatic hydroxyl groups excluding tert-OH is 3. The summed E-state index contributed by atoms with van der Waals surface area (Å²) in [6.07, 6.45) is -2.82. The Morgan fingerprint density at radius 3 is 1.13 bits per heavy atom. The molecule has 3 amide bonds. The number of Topliss-reactive ketones (excluding diaryl/α,β-unsaturated/α-hetero) is 2. The van der Waals surface area contributed by atoms with Crippen molar-refractivity contribution in [3.63, 3.8) is 0 Å². The van der Waals surface area contributed by atoms with E-state index < -0.39 is 89.6 Å². The lowest BCUT2D eigenvalue weighted by Gasteiger charge is -2.35. The highest BCUT2D eigenvalue weighted by molar-refractivity contribution is 6.15. The number of amides is 3. The number of imide groups is 1. The van der Waals surface area contributed by atoms with Crippen molar-refractivity contribution in [1.29, 1.82) is 0 Å². The van der Waals surface area contributed by atoms with E-state index in [9.17, 15) is 44.1 Å². The van der Waals surface area contributed by atoms with Crippen LogP contribution in [0.1, 0.15) is 76.6 Å². The molecule has 4 N–H and O–H groups in total. The molecule has 0 saturated carbocycles. The Bertz CT molecular complexity index is 3110. The number of benzene rings is 2. The molecule has 718 valence electrons. The number of nitrogens with one attached hydrogen (secondary N) is 1. The van der Waals surface area contributed by atoms with Crippen molar-refractivity contribution in [2.45, 2.75) is 117 Å². The molecule has 0 aromatic heterocycles. The second kappa shape index (κ2) is 72.9. The molecule has 7 atom stereocenters. The minimum Gasteiger partial charge on any atom is -0.487 e. The van der Waals surface area contributed by atoms with E-state index in [4.69, 9.17) is 123 Å². The molecule has 0 aliphatic carbocycles. The Labute approximate surface area is 737 Å². The van der Waals surface area contributed by atoms with E-state index in [1.165, 1.54) is 0 Å². The van der Waals surface area contributed by atoms with E-state index in [0.29, 0.717) is 272 Å². The van der Waals surface area contributed by atoms with Gasteiger partial charge >= 0.3 is 5.97 Å². The molecule has 0 radical (unpaired) electrons. The van der Waals surface area contributed by atoms with Gasteiger partial charge in [-0.05, 0) is 80.8 Å². The van der Waals surface area contributed by atoms with Crippen LogP contribution in [-0.4, -0.2) is 404 Å². The summed E-state index contributed by atoms with van der Waals surface area (Å²) in [5.74, 6) is -4.21. The van der Waals surface area contributed by atoms with Crippen molar-refractivity contribution >= 4 is 35.3 Å². The van der Waals surface area contributed by atoms with Gasteiger partial charge in [0.25, 0.3) is 11.8 Å². The summed E-state index contributed by atoms with van der Waals surface area (Å²) in [6, 6.07) is 7.84. The zero-order valence-corrected chi connectivity index (χ0v) is 75.2. The molecule has 4 rings (SSSR count). The summed E-state index contributed by atoms with van der Waals surface area (Å²) in [6.45, 7) is 27.8. The van der Waals surface area contributed by atoms with Crippen LogP contribution < -0.4 is 14.8 Å². The van der Waals surface area contributed by atoms with Crippen molar-refractivity contribution in [2.24, 2.45) is 17.3 Å². The number of rotatable bonds is 85. The predicted molar refractivity (Wildman–Crippen MR) is 452 cm³/mol. The van der Waals surface area contributed by atoms with Gasteiger partial charge in [-0.2, -0.15) is 0 Å². The summed E-state index contributed by atoms with van der Waals surface area (Å²) in [7, 11) is 3.26. The van der Waals surface area contributed by atoms with Gasteiger partial charge in [-0.3, -0.25) is 33.7 Å². The van der Waals surface area contributed by atoms with Crippen LogP contribution in [-0.2, 0) is 168 Å². The van der Waals surface area contributed by atoms with Gasteiger partial charge < -0.3 is 144 Å². The number of aryl methyl sites for hydroxylation is 1. The number of hydrogen-bond donors (Lipinski definition) is 4. The Hall–Kier alpha value is -5.84. The van der Waals surface area contributed by atoms with Gasteiger partial charge in [-0.1, -0.05) is 38.1 Å². The number of aliphatic hydroxyl groups is 3. The SMILES string of the molecule is COCCOCCOCCOCCOCCOCCOCCOCCOCCOCCOCCOc1ccc(C[C@@H](C(=O)C[C@H](C(=O)N[C@@H](C)C(=O)Cc2ccc(COC(=O)C(C)(C)C)c(CC[C@@H]3OC[C@@H](O)[C@H](O)[C@H]3O)c2)C(C)C)N2C(=O)C=CC2=O)cc1OCCOCCOCCOCCOCCOCCOCCOCCOCCOCCOCCOC. The van der Waals surface area contributed by atoms with Crippen LogP contribution >= 0.6 is 0 Å². The lowest BCUT2D eigenvalue weighted by molar-refractivity contribution is -0.188. The number of esters is 1. The molecule has 2 heterocycles. The van der Waals surface area contributed by atoms with Crippen LogP contribution in [0.15, 0.2) is 48.6 Å². The maximum Gasteiger partial charge on any atom is 0.311 e. The number of carbonyl (C=O) groups is 6. The first-order chi connectivity index (χ1) is 60.7. The molecule has 2 aliphatic rings. The van der Waals surface area contributed by atoms with E-state index in [1.54, 1.807) is 92.2 Å². The molecule has 0 bridgehead atoms. The molecular weight excluding hydrogens is 1640 g/mol. The van der Waals surface area contributed by atoms with Gasteiger partial charge in [0.15, 0.2) is 23.1 Å². The molecule has 1 saturated heterocycles. The fraction of sp³-hybridized carbons (Fsp3) is 0.773. The molecule has 125 heavy (non-hydrogen) atoms. The van der Waals surface area contributed by atoms with E-state index >= 15 is 0 Å². The third-order valence-electron chi connectivity index (χ3n) is 18.8. The summed E-state index contributed by atoms with van der Waals surface area (Å²) in [5, 5.41) is 33.9. The third-order valence-corrected chi connectivity index (χ3v) is 18.8. The van der Waals surface area contributed by atoms with Gasteiger partial charge in [0, 0.05) is 51.6 Å². The average molecular weight is 1790 g/mol. The lowest BCUT2D eigenvalue weighted by Crippen LogP contribution is -2.52. The number of nitrogens with zero attached hydrogens (tertiary/aromatic N) is 1. The molecule has 37 nitrogen and oxygen atoms in total. The number of ketones is 2. The average Bonchev–Trinajstić information content (AvgIpc) is 1.73. The number of ether oxygens (including phenoxy) is 26. The standard InChI is InChI=1S/C88H146N2O35/c1-68(2)74(86(98)89-69(3)76(91)63-70-9-11-73(66-125-87(99)88(4,5)6)72(61-70)12-14-80-85(97)84(96)78(93)67-124-80)65-77(92)75(90-82(94)15-16-83(90)95)62-71-10-13-79(122-59-57-120-55-53-118-51-49-116-47-45-114-43-41-112-39-37-110-35-33-108-31-29-106-27-25-104-23-21-102-19-17-100-7)81(64-71)123-60-58-121-56-54-119-52-50-117-48-46-115-44-42-113-40-38-111-36-34-109-32-30-107-28-26-105-24-22-103-20-18-101-8/h9-11,13,15-16,61,64,68-69,74-75,78,80,84-85,93,96-97H,12,14,17-60,62-63,65-67H2,1-8H3,(H,89,98)/t69-,74-,75-,78+,80-,84-,85-/m0/s1. The zero-order chi connectivity index (χ0) is 90.4. The first-order valence-electron chi connectivity index (χ1n) is 43.5. The Morgan fingerprint density at radius 1 is 0.432 bits per heavy atom. The third kappa shape index (κ3) is 53.8. The monoisotopic (exact) mass is 1790 g/mol. The molecule has 2 aromatic carbocycles. The topological polar surface area (TPSA) is 418 Å². The minimum absolute atomic E-state index is 0.0616. The van der Waals surface area contributed by atoms with E-state index in [1.807, 2.05) is 0 Å². The van der Waals surface area contributed by atoms with Crippen LogP contribution in [0.5, 0.6) is 11.5 Å². The van der Waals surface area contributed by atoms with Crippen LogP contribution in [0.3, 0.4) is 0 Å². The largest absolute Gasteiger partial charge is 0.487 e. The van der Waals surface area contributed by atoms with Crippen molar-refractivity contribution < 1.29 is 167 Å². The highest BCUT2D eigenvalue weighted by Crippen LogP contribution is 2.32. The Morgan fingerprint density at radius 2 is 0.776 bits per heavy atom.